The average Bonchev–Trinajstić information content (AvgIpc) is 2.70. The third kappa shape index (κ3) is 5.65. The highest BCUT2D eigenvalue weighted by Crippen LogP contribution is 2.17. The molecule has 24 heavy (non-hydrogen) atoms. The van der Waals surface area contributed by atoms with Crippen molar-refractivity contribution in [3.8, 4) is 0 Å². The summed E-state index contributed by atoms with van der Waals surface area (Å²) in [5, 5.41) is 13.4. The van der Waals surface area contributed by atoms with Gasteiger partial charge in [-0.15, -0.1) is 0 Å². The van der Waals surface area contributed by atoms with Crippen molar-refractivity contribution < 1.29 is 14.7 Å². The molecule has 0 aromatic carbocycles. The van der Waals surface area contributed by atoms with Crippen molar-refractivity contribution >= 4 is 11.9 Å². The molecule has 1 aromatic rings. The fourth-order valence-corrected chi connectivity index (χ4v) is 2.88. The van der Waals surface area contributed by atoms with E-state index in [-0.39, 0.29) is 24.9 Å². The third-order valence-corrected chi connectivity index (χ3v) is 4.17. The van der Waals surface area contributed by atoms with Gasteiger partial charge in [0, 0.05) is 31.2 Å². The van der Waals surface area contributed by atoms with Gasteiger partial charge in [-0.05, 0) is 45.6 Å². The quantitative estimate of drug-likeness (QED) is 0.752. The Hall–Kier alpha value is -1.85. The first kappa shape index (κ1) is 20.2. The fraction of sp³-hybridized carbons (Fsp3) is 0.722. The fourth-order valence-electron chi connectivity index (χ4n) is 2.88. The molecule has 1 N–H and O–H groups in total. The van der Waals surface area contributed by atoms with Crippen LogP contribution in [0.5, 0.6) is 0 Å². The van der Waals surface area contributed by atoms with Crippen LogP contribution in [0.2, 0.25) is 0 Å². The molecule has 136 valence electrons. The highest BCUT2D eigenvalue weighted by Gasteiger charge is 2.20. The molecule has 0 unspecified atom stereocenters. The Labute approximate surface area is 144 Å². The van der Waals surface area contributed by atoms with Crippen molar-refractivity contribution in [2.45, 2.75) is 73.4 Å². The molecular weight excluding hydrogens is 306 g/mol. The maximum atomic E-state index is 12.5. The zero-order valence-corrected chi connectivity index (χ0v) is 15.8. The molecule has 0 saturated heterocycles. The minimum absolute atomic E-state index is 0.00154. The van der Waals surface area contributed by atoms with E-state index in [0.29, 0.717) is 18.8 Å². The molecule has 0 saturated carbocycles. The Morgan fingerprint density at radius 3 is 2.29 bits per heavy atom. The van der Waals surface area contributed by atoms with Gasteiger partial charge in [-0.3, -0.25) is 14.3 Å². The van der Waals surface area contributed by atoms with E-state index in [9.17, 15) is 9.59 Å². The lowest BCUT2D eigenvalue weighted by Gasteiger charge is -2.26. The predicted molar refractivity (Wildman–Crippen MR) is 94.0 cm³/mol. The number of carbonyl (C=O) groups is 2. The number of hydrogen-bond donors (Lipinski definition) is 1. The zero-order chi connectivity index (χ0) is 18.4. The van der Waals surface area contributed by atoms with Crippen LogP contribution in [0.3, 0.4) is 0 Å². The summed E-state index contributed by atoms with van der Waals surface area (Å²) in [6.07, 6.45) is 1.01. The molecule has 6 nitrogen and oxygen atoms in total. The van der Waals surface area contributed by atoms with Crippen LogP contribution in [0, 0.1) is 19.8 Å². The van der Waals surface area contributed by atoms with E-state index in [1.54, 1.807) is 4.90 Å². The van der Waals surface area contributed by atoms with Crippen molar-refractivity contribution in [2.75, 3.05) is 6.54 Å². The standard InChI is InChI=1S/C18H31N3O3/c1-12(2)11-21-15(6)16(14(5)19-21)7-8-17(22)20(13(3)4)10-9-18(23)24/h12-13H,7-11H2,1-6H3,(H,23,24). The number of aromatic nitrogens is 2. The molecule has 0 fully saturated rings. The SMILES string of the molecule is Cc1nn(CC(C)C)c(C)c1CCC(=O)N(CCC(=O)O)C(C)C. The minimum Gasteiger partial charge on any atom is -0.481 e. The van der Waals surface area contributed by atoms with Gasteiger partial charge in [0.25, 0.3) is 0 Å². The lowest BCUT2D eigenvalue weighted by Crippen LogP contribution is -2.38. The number of carboxylic acids is 1. The van der Waals surface area contributed by atoms with E-state index in [1.165, 1.54) is 0 Å². The molecule has 0 atom stereocenters. The zero-order valence-electron chi connectivity index (χ0n) is 15.8. The lowest BCUT2D eigenvalue weighted by molar-refractivity contribution is -0.139. The predicted octanol–water partition coefficient (Wildman–Crippen LogP) is 2.80. The number of hydrogen-bond acceptors (Lipinski definition) is 3. The Bertz CT molecular complexity index is 576. The van der Waals surface area contributed by atoms with Crippen molar-refractivity contribution in [1.29, 1.82) is 0 Å². The van der Waals surface area contributed by atoms with Gasteiger partial charge < -0.3 is 10.0 Å². The molecule has 0 aliphatic heterocycles. The molecule has 0 aliphatic carbocycles. The van der Waals surface area contributed by atoms with Crippen LogP contribution in [0.4, 0.5) is 0 Å². The van der Waals surface area contributed by atoms with Crippen LogP contribution in [-0.2, 0) is 22.6 Å². The molecule has 0 aliphatic rings. The van der Waals surface area contributed by atoms with E-state index in [4.69, 9.17) is 5.11 Å². The second-order valence-corrected chi connectivity index (χ2v) is 7.05. The second-order valence-electron chi connectivity index (χ2n) is 7.05. The number of carboxylic acid groups (broad SMARTS) is 1. The summed E-state index contributed by atoms with van der Waals surface area (Å²) in [4.78, 5) is 24.9. The van der Waals surface area contributed by atoms with Crippen molar-refractivity contribution in [3.05, 3.63) is 17.0 Å². The van der Waals surface area contributed by atoms with Gasteiger partial charge in [-0.25, -0.2) is 0 Å². The number of amides is 1. The van der Waals surface area contributed by atoms with E-state index < -0.39 is 5.97 Å². The highest BCUT2D eigenvalue weighted by atomic mass is 16.4. The summed E-state index contributed by atoms with van der Waals surface area (Å²) in [7, 11) is 0. The largest absolute Gasteiger partial charge is 0.481 e. The topological polar surface area (TPSA) is 75.4 Å². The normalized spacial score (nSPS) is 11.3. The van der Waals surface area contributed by atoms with Crippen molar-refractivity contribution in [1.82, 2.24) is 14.7 Å². The summed E-state index contributed by atoms with van der Waals surface area (Å²) < 4.78 is 2.02. The Kier molecular flexibility index (Phi) is 7.45. The summed E-state index contributed by atoms with van der Waals surface area (Å²) >= 11 is 0. The molecule has 1 heterocycles. The van der Waals surface area contributed by atoms with E-state index >= 15 is 0 Å². The molecule has 0 radical (unpaired) electrons. The Morgan fingerprint density at radius 2 is 1.79 bits per heavy atom. The minimum atomic E-state index is -0.880. The van der Waals surface area contributed by atoms with Crippen LogP contribution >= 0.6 is 0 Å². The van der Waals surface area contributed by atoms with Crippen LogP contribution in [-0.4, -0.2) is 44.3 Å². The highest BCUT2D eigenvalue weighted by molar-refractivity contribution is 5.77. The van der Waals surface area contributed by atoms with E-state index in [0.717, 1.165) is 23.5 Å². The van der Waals surface area contributed by atoms with Gasteiger partial charge in [0.15, 0.2) is 0 Å². The lowest BCUT2D eigenvalue weighted by atomic mass is 10.1. The number of rotatable bonds is 9. The number of aliphatic carboxylic acids is 1. The van der Waals surface area contributed by atoms with E-state index in [1.807, 2.05) is 32.4 Å². The molecule has 1 amide bonds. The number of carbonyl (C=O) groups excluding carboxylic acids is 1. The first-order chi connectivity index (χ1) is 11.1. The molecule has 1 aromatic heterocycles. The first-order valence-electron chi connectivity index (χ1n) is 8.67. The maximum absolute atomic E-state index is 12.5. The Balaban J connectivity index is 2.75. The van der Waals surface area contributed by atoms with Gasteiger partial charge in [0.2, 0.25) is 5.91 Å². The van der Waals surface area contributed by atoms with Gasteiger partial charge >= 0.3 is 5.97 Å². The van der Waals surface area contributed by atoms with Gasteiger partial charge in [-0.2, -0.15) is 5.10 Å². The van der Waals surface area contributed by atoms with Crippen LogP contribution < -0.4 is 0 Å². The van der Waals surface area contributed by atoms with Gasteiger partial charge in [-0.1, -0.05) is 13.8 Å². The molecule has 6 heteroatoms. The number of aryl methyl sites for hydroxylation is 1. The summed E-state index contributed by atoms with van der Waals surface area (Å²) in [5.74, 6) is -0.360. The average molecular weight is 337 g/mol. The second kappa shape index (κ2) is 8.85. The van der Waals surface area contributed by atoms with Crippen LogP contribution in [0.1, 0.15) is 57.5 Å². The number of nitrogens with zero attached hydrogens (tertiary/aromatic N) is 3. The van der Waals surface area contributed by atoms with Gasteiger partial charge in [0.05, 0.1) is 12.1 Å². The molecule has 0 spiro atoms. The molecular formula is C18H31N3O3. The maximum Gasteiger partial charge on any atom is 0.305 e. The summed E-state index contributed by atoms with van der Waals surface area (Å²) in [6.45, 7) is 13.3. The third-order valence-electron chi connectivity index (χ3n) is 4.17. The van der Waals surface area contributed by atoms with E-state index in [2.05, 4.69) is 18.9 Å². The molecule has 0 bridgehead atoms. The Morgan fingerprint density at radius 1 is 1.17 bits per heavy atom. The summed E-state index contributed by atoms with van der Waals surface area (Å²) in [5.41, 5.74) is 3.23. The van der Waals surface area contributed by atoms with Crippen LogP contribution in [0.15, 0.2) is 0 Å². The first-order valence-corrected chi connectivity index (χ1v) is 8.67. The summed E-state index contributed by atoms with van der Waals surface area (Å²) in [6, 6.07) is 0.00251. The van der Waals surface area contributed by atoms with Crippen molar-refractivity contribution in [2.24, 2.45) is 5.92 Å². The van der Waals surface area contributed by atoms with Crippen LogP contribution in [0.25, 0.3) is 0 Å². The molecule has 1 rings (SSSR count). The monoisotopic (exact) mass is 337 g/mol. The van der Waals surface area contributed by atoms with Crippen molar-refractivity contribution in [3.63, 3.8) is 0 Å². The van der Waals surface area contributed by atoms with Gasteiger partial charge in [0.1, 0.15) is 0 Å². The smallest absolute Gasteiger partial charge is 0.305 e.